The fraction of sp³-hybridized carbons (Fsp3) is 0.451. The third-order valence-corrected chi connectivity index (χ3v) is 14.3. The third-order valence-electron chi connectivity index (χ3n) is 14.3. The number of aliphatic hydroxyl groups excluding tert-OH is 1. The summed E-state index contributed by atoms with van der Waals surface area (Å²) in [4.78, 5) is 110. The number of carboxylic acids is 1. The van der Waals surface area contributed by atoms with Crippen LogP contribution in [0, 0.1) is 16.7 Å². The molecule has 0 aromatic heterocycles. The fourth-order valence-corrected chi connectivity index (χ4v) is 10.7. The summed E-state index contributed by atoms with van der Waals surface area (Å²) in [6.45, 7) is 7.68. The number of carbonyl (C=O) groups is 8. The average Bonchev–Trinajstić information content (AvgIpc) is 3.30. The Labute approximate surface area is 397 Å². The summed E-state index contributed by atoms with van der Waals surface area (Å²) in [5.74, 6) is -9.78. The average molecular weight is 954 g/mol. The van der Waals surface area contributed by atoms with Crippen LogP contribution in [0.4, 0.5) is 0 Å². The molecule has 0 spiro atoms. The van der Waals surface area contributed by atoms with Crippen molar-refractivity contribution in [1.29, 1.82) is 0 Å². The summed E-state index contributed by atoms with van der Waals surface area (Å²) in [5, 5.41) is 38.2. The number of amides is 1. The van der Waals surface area contributed by atoms with E-state index in [4.69, 9.17) is 28.4 Å². The van der Waals surface area contributed by atoms with Crippen LogP contribution in [-0.4, -0.2) is 117 Å². The number of ketones is 1. The number of hydrogen-bond donors (Lipinski definition) is 4. The lowest BCUT2D eigenvalue weighted by molar-refractivity contribution is -0.346. The number of fused-ring (bicyclic) bond motifs is 5. The highest BCUT2D eigenvalue weighted by Gasteiger charge is 2.78. The van der Waals surface area contributed by atoms with Crippen molar-refractivity contribution in [1.82, 2.24) is 5.32 Å². The Kier molecular flexibility index (Phi) is 14.0. The lowest BCUT2D eigenvalue weighted by Crippen LogP contribution is -2.82. The maximum absolute atomic E-state index is 15.7. The van der Waals surface area contributed by atoms with Gasteiger partial charge in [0.2, 0.25) is 6.10 Å². The number of ether oxygens (including phenoxy) is 6. The second kappa shape index (κ2) is 19.3. The molecule has 2 bridgehead atoms. The zero-order chi connectivity index (χ0) is 50.2. The second-order valence-corrected chi connectivity index (χ2v) is 18.7. The number of benzene rings is 3. The molecule has 3 aromatic rings. The van der Waals surface area contributed by atoms with Gasteiger partial charge in [0.05, 0.1) is 42.4 Å². The molecule has 11 atom stereocenters. The van der Waals surface area contributed by atoms with E-state index in [-0.39, 0.29) is 40.9 Å². The van der Waals surface area contributed by atoms with Gasteiger partial charge in [-0.3, -0.25) is 28.8 Å². The Hall–Kier alpha value is -6.76. The molecule has 3 fully saturated rings. The van der Waals surface area contributed by atoms with Gasteiger partial charge in [-0.2, -0.15) is 0 Å². The quantitative estimate of drug-likeness (QED) is 0.100. The van der Waals surface area contributed by atoms with E-state index in [1.165, 1.54) is 52.0 Å². The van der Waals surface area contributed by atoms with Crippen LogP contribution in [0.15, 0.2) is 102 Å². The van der Waals surface area contributed by atoms with Gasteiger partial charge in [-0.05, 0) is 54.8 Å². The van der Waals surface area contributed by atoms with Gasteiger partial charge < -0.3 is 49.1 Å². The fourth-order valence-electron chi connectivity index (χ4n) is 10.7. The highest BCUT2D eigenvalue weighted by Crippen LogP contribution is 2.64. The van der Waals surface area contributed by atoms with Crippen LogP contribution in [0.1, 0.15) is 99.5 Å². The molecule has 1 saturated heterocycles. The summed E-state index contributed by atoms with van der Waals surface area (Å²) in [7, 11) is 0. The molecular weight excluding hydrogens is 899 g/mol. The summed E-state index contributed by atoms with van der Waals surface area (Å²) >= 11 is 0. The Bertz CT molecular complexity index is 2550. The van der Waals surface area contributed by atoms with Crippen molar-refractivity contribution in [3.8, 4) is 0 Å². The first kappa shape index (κ1) is 50.1. The van der Waals surface area contributed by atoms with Crippen molar-refractivity contribution < 1.29 is 82.1 Å². The molecule has 4 aliphatic rings. The van der Waals surface area contributed by atoms with Gasteiger partial charge in [0.15, 0.2) is 17.5 Å². The number of carboxylic acid groups (broad SMARTS) is 1. The van der Waals surface area contributed by atoms with Gasteiger partial charge >= 0.3 is 35.8 Å². The number of hydrogen-bond acceptors (Lipinski definition) is 16. The SMILES string of the molecule is CC(=O)O[C@H]1C(=O)[C@@]2(C)[C@H]([C@H](OC(=O)c3ccccc3)[C@]3(O)C[C@H](OC(=O)[C@H](OC(=O)CCC(=O)O)[C@@H](NC(=O)c4ccccc4)c4ccccc4)C(C)=C1C3(C)C)[C@]1(OC(C)=O)CO[C@@H]1C[C@@H]2O. The molecule has 1 amide bonds. The molecule has 18 heteroatoms. The van der Waals surface area contributed by atoms with E-state index in [1.54, 1.807) is 66.7 Å². The van der Waals surface area contributed by atoms with E-state index in [9.17, 15) is 44.1 Å². The van der Waals surface area contributed by atoms with Crippen molar-refractivity contribution in [2.75, 3.05) is 6.61 Å². The van der Waals surface area contributed by atoms with Gasteiger partial charge in [0.1, 0.15) is 30.0 Å². The molecule has 4 N–H and O–H groups in total. The summed E-state index contributed by atoms with van der Waals surface area (Å²) in [6.07, 6.45) is -12.5. The first-order valence-electron chi connectivity index (χ1n) is 22.5. The number of nitrogens with one attached hydrogen (secondary N) is 1. The number of rotatable bonds is 14. The zero-order valence-electron chi connectivity index (χ0n) is 38.9. The number of aliphatic carboxylic acids is 1. The van der Waals surface area contributed by atoms with Crippen LogP contribution >= 0.6 is 0 Å². The molecule has 7 rings (SSSR count). The molecule has 69 heavy (non-hydrogen) atoms. The van der Waals surface area contributed by atoms with E-state index in [0.29, 0.717) is 0 Å². The van der Waals surface area contributed by atoms with E-state index in [2.05, 4.69) is 5.32 Å². The molecule has 1 heterocycles. The second-order valence-electron chi connectivity index (χ2n) is 18.7. The molecule has 0 radical (unpaired) electrons. The molecule has 18 nitrogen and oxygen atoms in total. The van der Waals surface area contributed by atoms with Crippen LogP contribution in [0.3, 0.4) is 0 Å². The van der Waals surface area contributed by atoms with Crippen molar-refractivity contribution in [2.45, 2.75) is 121 Å². The molecule has 366 valence electrons. The topological polar surface area (TPSA) is 265 Å². The predicted octanol–water partition coefficient (Wildman–Crippen LogP) is 4.15. The van der Waals surface area contributed by atoms with E-state index in [1.807, 2.05) is 0 Å². The van der Waals surface area contributed by atoms with Crippen molar-refractivity contribution in [2.24, 2.45) is 16.7 Å². The maximum Gasteiger partial charge on any atom is 0.350 e. The number of esters is 5. The third kappa shape index (κ3) is 9.15. The first-order valence-corrected chi connectivity index (χ1v) is 22.5. The normalized spacial score (nSPS) is 29.7. The highest BCUT2D eigenvalue weighted by atomic mass is 16.6. The van der Waals surface area contributed by atoms with Crippen LogP contribution in [0.2, 0.25) is 0 Å². The van der Waals surface area contributed by atoms with Gasteiger partial charge in [-0.25, -0.2) is 9.59 Å². The zero-order valence-corrected chi connectivity index (χ0v) is 38.9. The molecule has 3 aromatic carbocycles. The van der Waals surface area contributed by atoms with E-state index in [0.717, 1.165) is 13.8 Å². The van der Waals surface area contributed by atoms with Crippen LogP contribution in [0.25, 0.3) is 0 Å². The summed E-state index contributed by atoms with van der Waals surface area (Å²) in [6, 6.07) is 22.1. The van der Waals surface area contributed by atoms with Crippen molar-refractivity contribution in [3.05, 3.63) is 119 Å². The first-order chi connectivity index (χ1) is 32.6. The molecule has 3 aliphatic carbocycles. The lowest BCUT2D eigenvalue weighted by Gasteiger charge is -2.67. The van der Waals surface area contributed by atoms with Crippen LogP contribution < -0.4 is 5.32 Å². The van der Waals surface area contributed by atoms with Crippen LogP contribution in [-0.2, 0) is 57.2 Å². The minimum absolute atomic E-state index is 0.0221. The predicted molar refractivity (Wildman–Crippen MR) is 238 cm³/mol. The van der Waals surface area contributed by atoms with Crippen LogP contribution in [0.5, 0.6) is 0 Å². The van der Waals surface area contributed by atoms with E-state index < -0.39 is 137 Å². The Balaban J connectivity index is 1.42. The Morgan fingerprint density at radius 2 is 1.41 bits per heavy atom. The van der Waals surface area contributed by atoms with E-state index >= 15 is 9.59 Å². The maximum atomic E-state index is 15.7. The Morgan fingerprint density at radius 1 is 0.812 bits per heavy atom. The molecule has 2 saturated carbocycles. The van der Waals surface area contributed by atoms with Gasteiger partial charge in [-0.1, -0.05) is 80.6 Å². The van der Waals surface area contributed by atoms with Gasteiger partial charge in [0, 0.05) is 37.7 Å². The number of Topliss-reactive ketones (excluding diaryl/α,β-unsaturated/α-hetero) is 1. The largest absolute Gasteiger partial charge is 0.481 e. The summed E-state index contributed by atoms with van der Waals surface area (Å²) in [5.41, 5.74) is -7.77. The molecule has 1 aliphatic heterocycles. The highest BCUT2D eigenvalue weighted by molar-refractivity contribution is 5.96. The smallest absolute Gasteiger partial charge is 0.350 e. The molecule has 0 unspecified atom stereocenters. The number of aliphatic hydroxyl groups is 2. The molecular formula is C51H55NO17. The monoisotopic (exact) mass is 953 g/mol. The lowest BCUT2D eigenvalue weighted by atomic mass is 9.44. The number of carbonyl (C=O) groups excluding carboxylic acids is 7. The summed E-state index contributed by atoms with van der Waals surface area (Å²) < 4.78 is 36.3. The van der Waals surface area contributed by atoms with Crippen molar-refractivity contribution >= 4 is 47.5 Å². The minimum Gasteiger partial charge on any atom is -0.481 e. The minimum atomic E-state index is -2.50. The van der Waals surface area contributed by atoms with Gasteiger partial charge in [-0.15, -0.1) is 0 Å². The standard InChI is InChI=1S/C51H55NO17/c1-27-33(66-47(62)41(67-37(58)23-22-36(56)57)39(30-16-10-7-11-17-30)52-45(60)31-18-12-8-13-19-31)25-51(63)44(68-46(61)32-20-14-9-15-21-32)42-49(6,34(55)24-35-50(42,26-64-35)69-29(3)54)43(59)40(65-28(2)53)38(27)48(51,4)5/h7-21,33-35,39-42,44,55,63H,22-26H2,1-6H3,(H,52,60)(H,56,57)/t33-,34-,35+,39-,40+,41+,42-,44-,49+,50-,51+/m0/s1. The van der Waals surface area contributed by atoms with Gasteiger partial charge in [0.25, 0.3) is 5.91 Å². The van der Waals surface area contributed by atoms with Crippen molar-refractivity contribution in [3.63, 3.8) is 0 Å². The Morgan fingerprint density at radius 3 is 1.96 bits per heavy atom.